The van der Waals surface area contributed by atoms with Gasteiger partial charge in [0, 0.05) is 28.2 Å². The molecule has 0 radical (unpaired) electrons. The van der Waals surface area contributed by atoms with Gasteiger partial charge in [-0.2, -0.15) is 4.68 Å². The number of carbonyl (C=O) groups excluding carboxylic acids is 1. The van der Waals surface area contributed by atoms with Gasteiger partial charge in [-0.3, -0.25) is 4.79 Å². The lowest BCUT2D eigenvalue weighted by Gasteiger charge is -2.09. The highest BCUT2D eigenvalue weighted by Gasteiger charge is 2.19. The summed E-state index contributed by atoms with van der Waals surface area (Å²) in [5.74, 6) is -1.35. The summed E-state index contributed by atoms with van der Waals surface area (Å²) in [7, 11) is 0. The molecule has 0 N–H and O–H groups in total. The Labute approximate surface area is 165 Å². The van der Waals surface area contributed by atoms with Gasteiger partial charge in [0.2, 0.25) is 5.89 Å². The number of para-hydroxylation sites is 1. The molecule has 0 saturated carbocycles. The summed E-state index contributed by atoms with van der Waals surface area (Å²) < 4.78 is 21.2. The number of rotatable bonds is 5. The van der Waals surface area contributed by atoms with Gasteiger partial charge in [0.05, 0.1) is 0 Å². The smallest absolute Gasteiger partial charge is 0.388 e. The second kappa shape index (κ2) is 7.35. The molecule has 2 aromatic heterocycles. The molecule has 0 aliphatic heterocycles. The Morgan fingerprint density at radius 1 is 1.07 bits per heavy atom. The van der Waals surface area contributed by atoms with E-state index >= 15 is 0 Å². The number of aromatic nitrogens is 3. The first-order valence-electron chi connectivity index (χ1n) is 9.05. The minimum atomic E-state index is -0.741. The van der Waals surface area contributed by atoms with Gasteiger partial charge in [-0.05, 0) is 56.3 Å². The zero-order valence-corrected chi connectivity index (χ0v) is 15.9. The Bertz CT molecular complexity index is 1230. The lowest BCUT2D eigenvalue weighted by Crippen LogP contribution is -2.21. The van der Waals surface area contributed by atoms with Crippen molar-refractivity contribution >= 4 is 5.78 Å². The van der Waals surface area contributed by atoms with Crippen molar-refractivity contribution in [3.8, 4) is 17.1 Å². The standard InChI is InChI=1S/C22H18FN3O3/c1-14-12-19(15(2)26(14)18-6-4-3-5-7-18)20(27)13-25-22(28)29-21(24-25)16-8-10-17(23)11-9-16/h3-12H,13H2,1-2H3. The molecule has 0 aliphatic carbocycles. The normalized spacial score (nSPS) is 11.0. The second-order valence-electron chi connectivity index (χ2n) is 6.72. The van der Waals surface area contributed by atoms with Gasteiger partial charge in [0.25, 0.3) is 0 Å². The third-order valence-corrected chi connectivity index (χ3v) is 4.74. The third kappa shape index (κ3) is 3.54. The monoisotopic (exact) mass is 391 g/mol. The van der Waals surface area contributed by atoms with Crippen LogP contribution in [-0.4, -0.2) is 20.1 Å². The van der Waals surface area contributed by atoms with E-state index < -0.39 is 11.6 Å². The van der Waals surface area contributed by atoms with E-state index in [4.69, 9.17) is 4.42 Å². The van der Waals surface area contributed by atoms with Gasteiger partial charge in [-0.1, -0.05) is 18.2 Å². The molecule has 0 fully saturated rings. The van der Waals surface area contributed by atoms with Crippen LogP contribution in [0.3, 0.4) is 0 Å². The molecule has 0 saturated heterocycles. The molecule has 0 atom stereocenters. The molecule has 2 aromatic carbocycles. The van der Waals surface area contributed by atoms with E-state index in [1.165, 1.54) is 24.3 Å². The molecule has 29 heavy (non-hydrogen) atoms. The Kier molecular flexibility index (Phi) is 4.72. The topological polar surface area (TPSA) is 70.0 Å². The number of hydrogen-bond donors (Lipinski definition) is 0. The molecule has 0 bridgehead atoms. The molecule has 0 aliphatic rings. The molecule has 4 aromatic rings. The van der Waals surface area contributed by atoms with E-state index in [0.29, 0.717) is 11.1 Å². The number of benzene rings is 2. The van der Waals surface area contributed by atoms with E-state index in [0.717, 1.165) is 21.8 Å². The van der Waals surface area contributed by atoms with Crippen LogP contribution in [0.25, 0.3) is 17.1 Å². The van der Waals surface area contributed by atoms with E-state index in [1.807, 2.05) is 48.7 Å². The van der Waals surface area contributed by atoms with Gasteiger partial charge in [-0.25, -0.2) is 9.18 Å². The van der Waals surface area contributed by atoms with Crippen LogP contribution in [0.5, 0.6) is 0 Å². The highest BCUT2D eigenvalue weighted by Crippen LogP contribution is 2.22. The van der Waals surface area contributed by atoms with Crippen LogP contribution in [0.4, 0.5) is 4.39 Å². The first-order valence-corrected chi connectivity index (χ1v) is 9.05. The van der Waals surface area contributed by atoms with Crippen LogP contribution >= 0.6 is 0 Å². The minimum absolute atomic E-state index is 0.0394. The predicted octanol–water partition coefficient (Wildman–Crippen LogP) is 3.93. The second-order valence-corrected chi connectivity index (χ2v) is 6.72. The summed E-state index contributed by atoms with van der Waals surface area (Å²) in [6.07, 6.45) is 0. The SMILES string of the molecule is Cc1cc(C(=O)Cn2nc(-c3ccc(F)cc3)oc2=O)c(C)n1-c1ccccc1. The fraction of sp³-hybridized carbons (Fsp3) is 0.136. The van der Waals surface area contributed by atoms with E-state index in [9.17, 15) is 14.0 Å². The van der Waals surface area contributed by atoms with Crippen molar-refractivity contribution in [3.05, 3.63) is 94.0 Å². The van der Waals surface area contributed by atoms with Crippen molar-refractivity contribution in [2.24, 2.45) is 0 Å². The Hall–Kier alpha value is -3.74. The van der Waals surface area contributed by atoms with Crippen molar-refractivity contribution in [2.75, 3.05) is 0 Å². The van der Waals surface area contributed by atoms with Crippen molar-refractivity contribution < 1.29 is 13.6 Å². The van der Waals surface area contributed by atoms with Crippen LogP contribution in [0, 0.1) is 19.7 Å². The van der Waals surface area contributed by atoms with Crippen molar-refractivity contribution in [2.45, 2.75) is 20.4 Å². The van der Waals surface area contributed by atoms with Gasteiger partial charge < -0.3 is 8.98 Å². The number of carbonyl (C=O) groups is 1. The van der Waals surface area contributed by atoms with Gasteiger partial charge >= 0.3 is 5.76 Å². The van der Waals surface area contributed by atoms with Gasteiger partial charge in [-0.15, -0.1) is 5.10 Å². The van der Waals surface area contributed by atoms with Crippen molar-refractivity contribution in [1.29, 1.82) is 0 Å². The Morgan fingerprint density at radius 2 is 1.76 bits per heavy atom. The van der Waals surface area contributed by atoms with Crippen LogP contribution < -0.4 is 5.76 Å². The maximum atomic E-state index is 13.1. The fourth-order valence-corrected chi connectivity index (χ4v) is 3.36. The minimum Gasteiger partial charge on any atom is -0.388 e. The zero-order valence-electron chi connectivity index (χ0n) is 15.9. The molecular formula is C22H18FN3O3. The Balaban J connectivity index is 1.62. The number of Topliss-reactive ketones (excluding diaryl/α,β-unsaturated/α-hetero) is 1. The molecule has 2 heterocycles. The quantitative estimate of drug-likeness (QED) is 0.483. The molecule has 7 heteroatoms. The summed E-state index contributed by atoms with van der Waals surface area (Å²) in [6, 6.07) is 16.9. The molecular weight excluding hydrogens is 373 g/mol. The van der Waals surface area contributed by atoms with Gasteiger partial charge in [0.1, 0.15) is 12.4 Å². The van der Waals surface area contributed by atoms with Gasteiger partial charge in [0.15, 0.2) is 5.78 Å². The van der Waals surface area contributed by atoms with E-state index in [2.05, 4.69) is 5.10 Å². The largest absolute Gasteiger partial charge is 0.437 e. The van der Waals surface area contributed by atoms with Crippen molar-refractivity contribution in [1.82, 2.24) is 14.3 Å². The first kappa shape index (κ1) is 18.6. The number of nitrogens with zero attached hydrogens (tertiary/aromatic N) is 3. The summed E-state index contributed by atoms with van der Waals surface area (Å²) >= 11 is 0. The average Bonchev–Trinajstić information content (AvgIpc) is 3.22. The first-order chi connectivity index (χ1) is 13.9. The molecule has 0 amide bonds. The fourth-order valence-electron chi connectivity index (χ4n) is 3.36. The van der Waals surface area contributed by atoms with Crippen LogP contribution in [-0.2, 0) is 6.54 Å². The lowest BCUT2D eigenvalue weighted by molar-refractivity contribution is 0.0964. The Morgan fingerprint density at radius 3 is 2.45 bits per heavy atom. The number of ketones is 1. The molecule has 0 spiro atoms. The maximum Gasteiger partial charge on any atom is 0.437 e. The molecule has 146 valence electrons. The molecule has 4 rings (SSSR count). The van der Waals surface area contributed by atoms with E-state index in [-0.39, 0.29) is 18.2 Å². The summed E-state index contributed by atoms with van der Waals surface area (Å²) in [5, 5.41) is 4.08. The van der Waals surface area contributed by atoms with Crippen molar-refractivity contribution in [3.63, 3.8) is 0 Å². The summed E-state index contributed by atoms with van der Waals surface area (Å²) in [6.45, 7) is 3.54. The highest BCUT2D eigenvalue weighted by molar-refractivity contribution is 5.97. The third-order valence-electron chi connectivity index (χ3n) is 4.74. The van der Waals surface area contributed by atoms with Crippen LogP contribution in [0.1, 0.15) is 21.7 Å². The maximum absolute atomic E-state index is 13.1. The average molecular weight is 391 g/mol. The molecule has 6 nitrogen and oxygen atoms in total. The zero-order chi connectivity index (χ0) is 20.5. The summed E-state index contributed by atoms with van der Waals surface area (Å²) in [4.78, 5) is 25.0. The molecule has 0 unspecified atom stereocenters. The predicted molar refractivity (Wildman–Crippen MR) is 106 cm³/mol. The lowest BCUT2D eigenvalue weighted by atomic mass is 10.1. The summed E-state index contributed by atoms with van der Waals surface area (Å²) in [5.41, 5.74) is 3.63. The van der Waals surface area contributed by atoms with Crippen LogP contribution in [0.2, 0.25) is 0 Å². The van der Waals surface area contributed by atoms with Crippen LogP contribution in [0.15, 0.2) is 69.9 Å². The number of hydrogen-bond acceptors (Lipinski definition) is 4. The number of aryl methyl sites for hydroxylation is 1. The highest BCUT2D eigenvalue weighted by atomic mass is 19.1. The van der Waals surface area contributed by atoms with E-state index in [1.54, 1.807) is 6.07 Å². The number of halogens is 1.